The predicted molar refractivity (Wildman–Crippen MR) is 79.5 cm³/mol. The van der Waals surface area contributed by atoms with E-state index in [1.807, 2.05) is 0 Å². The van der Waals surface area contributed by atoms with E-state index in [1.165, 1.54) is 0 Å². The molecular weight excluding hydrogens is 282 g/mol. The highest BCUT2D eigenvalue weighted by Crippen LogP contribution is 2.45. The molecule has 2 fully saturated rings. The average molecular weight is 303 g/mol. The van der Waals surface area contributed by atoms with Crippen LogP contribution >= 0.6 is 23.5 Å². The molecule has 1 saturated carbocycles. The van der Waals surface area contributed by atoms with E-state index in [0.29, 0.717) is 17.4 Å². The summed E-state index contributed by atoms with van der Waals surface area (Å²) in [6.07, 6.45) is 4.51. The number of hydrogen-bond acceptors (Lipinski definition) is 4. The van der Waals surface area contributed by atoms with Gasteiger partial charge in [-0.3, -0.25) is 4.79 Å². The van der Waals surface area contributed by atoms with Gasteiger partial charge in [0.2, 0.25) is 5.91 Å². The fourth-order valence-corrected chi connectivity index (χ4v) is 4.87. The van der Waals surface area contributed by atoms with Gasteiger partial charge in [-0.05, 0) is 30.9 Å². The van der Waals surface area contributed by atoms with Gasteiger partial charge in [0.05, 0.1) is 11.1 Å². The number of carboxylic acids is 1. The molecular formula is C13H21NO3S2. The fraction of sp³-hybridized carbons (Fsp3) is 0.846. The highest BCUT2D eigenvalue weighted by molar-refractivity contribution is 8.00. The molecule has 2 aliphatic rings. The minimum Gasteiger partial charge on any atom is -0.480 e. The Morgan fingerprint density at radius 1 is 1.42 bits per heavy atom. The van der Waals surface area contributed by atoms with Crippen molar-refractivity contribution in [1.82, 2.24) is 4.90 Å². The number of nitrogens with zero attached hydrogens (tertiary/aromatic N) is 1. The third-order valence-corrected chi connectivity index (χ3v) is 5.99. The van der Waals surface area contributed by atoms with Crippen LogP contribution < -0.4 is 0 Å². The lowest BCUT2D eigenvalue weighted by Gasteiger charge is -2.27. The molecule has 0 aromatic rings. The van der Waals surface area contributed by atoms with Crippen LogP contribution in [0.4, 0.5) is 0 Å². The van der Waals surface area contributed by atoms with Crippen LogP contribution in [-0.2, 0) is 9.59 Å². The van der Waals surface area contributed by atoms with Gasteiger partial charge in [0.1, 0.15) is 6.04 Å². The summed E-state index contributed by atoms with van der Waals surface area (Å²) in [5, 5.41) is 9.36. The Balaban J connectivity index is 1.91. The number of hydrogen-bond donors (Lipinski definition) is 1. The Bertz CT molecular complexity index is 347. The number of carbonyl (C=O) groups excluding carboxylic acids is 1. The first-order chi connectivity index (χ1) is 9.15. The van der Waals surface area contributed by atoms with Crippen LogP contribution in [0.2, 0.25) is 0 Å². The second-order valence-electron chi connectivity index (χ2n) is 5.12. The van der Waals surface area contributed by atoms with Crippen LogP contribution in [0.5, 0.6) is 0 Å². The highest BCUT2D eigenvalue weighted by Gasteiger charge is 2.47. The molecule has 108 valence electrons. The second kappa shape index (κ2) is 6.88. The molecule has 19 heavy (non-hydrogen) atoms. The molecule has 1 saturated heterocycles. The van der Waals surface area contributed by atoms with Crippen molar-refractivity contribution >= 4 is 35.4 Å². The van der Waals surface area contributed by atoms with Crippen LogP contribution in [0.3, 0.4) is 0 Å². The lowest BCUT2D eigenvalue weighted by molar-refractivity contribution is -0.148. The molecule has 0 aromatic carbocycles. The molecule has 1 amide bonds. The largest absolute Gasteiger partial charge is 0.480 e. The standard InChI is InChI=1S/C13H21NO3S2/c1-2-3-6-18-8-11(15)14-10(13(16)17)7-19-12(14)9-4-5-9/h9-10,12H,2-8H2,1H3,(H,16,17). The Hall–Kier alpha value is -0.360. The molecule has 0 aromatic heterocycles. The topological polar surface area (TPSA) is 57.6 Å². The third kappa shape index (κ3) is 3.81. The minimum atomic E-state index is -0.859. The quantitative estimate of drug-likeness (QED) is 0.731. The summed E-state index contributed by atoms with van der Waals surface area (Å²) in [5.41, 5.74) is 0. The number of thioether (sulfide) groups is 2. The van der Waals surface area contributed by atoms with E-state index in [9.17, 15) is 14.7 Å². The van der Waals surface area contributed by atoms with Crippen molar-refractivity contribution in [2.75, 3.05) is 17.3 Å². The van der Waals surface area contributed by atoms with Gasteiger partial charge in [0.15, 0.2) is 0 Å². The van der Waals surface area contributed by atoms with E-state index >= 15 is 0 Å². The Morgan fingerprint density at radius 3 is 2.74 bits per heavy atom. The summed E-state index contributed by atoms with van der Waals surface area (Å²) in [6.45, 7) is 2.13. The molecule has 1 aliphatic carbocycles. The fourth-order valence-electron chi connectivity index (χ4n) is 2.26. The van der Waals surface area contributed by atoms with Gasteiger partial charge in [-0.2, -0.15) is 11.8 Å². The van der Waals surface area contributed by atoms with Crippen LogP contribution in [0, 0.1) is 5.92 Å². The van der Waals surface area contributed by atoms with Crippen molar-refractivity contribution in [3.63, 3.8) is 0 Å². The number of aliphatic carboxylic acids is 1. The van der Waals surface area contributed by atoms with E-state index in [4.69, 9.17) is 0 Å². The van der Waals surface area contributed by atoms with Crippen LogP contribution in [0.1, 0.15) is 32.6 Å². The zero-order valence-electron chi connectivity index (χ0n) is 11.2. The zero-order valence-corrected chi connectivity index (χ0v) is 12.8. The van der Waals surface area contributed by atoms with Crippen LogP contribution in [0.15, 0.2) is 0 Å². The first-order valence-corrected chi connectivity index (χ1v) is 9.08. The lowest BCUT2D eigenvalue weighted by Crippen LogP contribution is -2.47. The lowest BCUT2D eigenvalue weighted by atomic mass is 10.2. The van der Waals surface area contributed by atoms with Crippen molar-refractivity contribution in [2.45, 2.75) is 44.0 Å². The molecule has 6 heteroatoms. The average Bonchev–Trinajstić information content (AvgIpc) is 3.12. The van der Waals surface area contributed by atoms with E-state index in [-0.39, 0.29) is 11.3 Å². The summed E-state index contributed by atoms with van der Waals surface area (Å²) >= 11 is 3.27. The predicted octanol–water partition coefficient (Wildman–Crippen LogP) is 2.28. The van der Waals surface area contributed by atoms with Gasteiger partial charge in [0.25, 0.3) is 0 Å². The van der Waals surface area contributed by atoms with Gasteiger partial charge in [-0.25, -0.2) is 4.79 Å². The Kier molecular flexibility index (Phi) is 5.45. The molecule has 4 nitrogen and oxygen atoms in total. The van der Waals surface area contributed by atoms with Gasteiger partial charge < -0.3 is 10.0 Å². The van der Waals surface area contributed by atoms with Crippen molar-refractivity contribution in [2.24, 2.45) is 5.92 Å². The molecule has 0 radical (unpaired) electrons. The molecule has 1 aliphatic heterocycles. The molecule has 1 heterocycles. The summed E-state index contributed by atoms with van der Waals surface area (Å²) in [7, 11) is 0. The van der Waals surface area contributed by atoms with Crippen molar-refractivity contribution in [3.05, 3.63) is 0 Å². The first-order valence-electron chi connectivity index (χ1n) is 6.88. The second-order valence-corrected chi connectivity index (χ2v) is 7.38. The van der Waals surface area contributed by atoms with Crippen LogP contribution in [0.25, 0.3) is 0 Å². The maximum atomic E-state index is 12.3. The molecule has 1 N–H and O–H groups in total. The van der Waals surface area contributed by atoms with Crippen molar-refractivity contribution in [3.8, 4) is 0 Å². The summed E-state index contributed by atoms with van der Waals surface area (Å²) < 4.78 is 0. The van der Waals surface area contributed by atoms with Gasteiger partial charge in [0, 0.05) is 5.75 Å². The van der Waals surface area contributed by atoms with E-state index in [2.05, 4.69) is 6.92 Å². The Labute approximate surface area is 122 Å². The van der Waals surface area contributed by atoms with Crippen LogP contribution in [-0.4, -0.2) is 50.6 Å². The van der Waals surface area contributed by atoms with E-state index in [1.54, 1.807) is 28.4 Å². The van der Waals surface area contributed by atoms with E-state index in [0.717, 1.165) is 31.4 Å². The minimum absolute atomic E-state index is 0.00963. The van der Waals surface area contributed by atoms with Gasteiger partial charge >= 0.3 is 5.97 Å². The van der Waals surface area contributed by atoms with E-state index < -0.39 is 12.0 Å². The summed E-state index contributed by atoms with van der Waals surface area (Å²) in [5.74, 6) is 1.63. The normalized spacial score (nSPS) is 26.7. The maximum absolute atomic E-state index is 12.3. The van der Waals surface area contributed by atoms with Gasteiger partial charge in [-0.1, -0.05) is 13.3 Å². The number of rotatable bonds is 7. The third-order valence-electron chi connectivity index (χ3n) is 3.50. The Morgan fingerprint density at radius 2 is 2.16 bits per heavy atom. The monoisotopic (exact) mass is 303 g/mol. The number of unbranched alkanes of at least 4 members (excludes halogenated alkanes) is 1. The SMILES string of the molecule is CCCCSCC(=O)N1C(C(=O)O)CSC1C1CC1. The molecule has 0 bridgehead atoms. The number of amides is 1. The molecule has 2 atom stereocenters. The highest BCUT2D eigenvalue weighted by atomic mass is 32.2. The molecule has 2 rings (SSSR count). The van der Waals surface area contributed by atoms with Crippen molar-refractivity contribution < 1.29 is 14.7 Å². The first kappa shape index (κ1) is 15.0. The maximum Gasteiger partial charge on any atom is 0.327 e. The number of carbonyl (C=O) groups is 2. The zero-order chi connectivity index (χ0) is 13.8. The number of carboxylic acid groups (broad SMARTS) is 1. The molecule has 0 spiro atoms. The molecule has 2 unspecified atom stereocenters. The van der Waals surface area contributed by atoms with Gasteiger partial charge in [-0.15, -0.1) is 11.8 Å². The summed E-state index contributed by atoms with van der Waals surface area (Å²) in [6, 6.07) is -0.616. The van der Waals surface area contributed by atoms with Crippen molar-refractivity contribution in [1.29, 1.82) is 0 Å². The summed E-state index contributed by atoms with van der Waals surface area (Å²) in [4.78, 5) is 25.2. The smallest absolute Gasteiger partial charge is 0.327 e.